The average Bonchev–Trinajstić information content (AvgIpc) is 2.81. The van der Waals surface area contributed by atoms with Crippen molar-refractivity contribution in [2.45, 2.75) is 19.4 Å². The highest BCUT2D eigenvalue weighted by Crippen LogP contribution is 2.27. The maximum absolute atomic E-state index is 13.0. The van der Waals surface area contributed by atoms with Gasteiger partial charge < -0.3 is 10.6 Å². The van der Waals surface area contributed by atoms with Gasteiger partial charge in [-0.25, -0.2) is 4.39 Å². The predicted octanol–water partition coefficient (Wildman–Crippen LogP) is 2.26. The molecule has 20 heavy (non-hydrogen) atoms. The summed E-state index contributed by atoms with van der Waals surface area (Å²) in [5.74, 6) is -0.234. The van der Waals surface area contributed by atoms with E-state index in [-0.39, 0.29) is 11.9 Å². The van der Waals surface area contributed by atoms with Crippen molar-refractivity contribution in [1.82, 2.24) is 9.78 Å². The molecule has 1 aromatic heterocycles. The molecule has 0 amide bonds. The van der Waals surface area contributed by atoms with E-state index in [0.717, 1.165) is 23.4 Å². The van der Waals surface area contributed by atoms with Gasteiger partial charge in [-0.15, -0.1) is 0 Å². The molecule has 4 nitrogen and oxygen atoms in total. The minimum atomic E-state index is -0.234. The van der Waals surface area contributed by atoms with Crippen molar-refractivity contribution < 1.29 is 4.39 Å². The van der Waals surface area contributed by atoms with E-state index in [2.05, 4.69) is 16.9 Å². The van der Waals surface area contributed by atoms with Crippen LogP contribution in [-0.4, -0.2) is 23.4 Å². The van der Waals surface area contributed by atoms with Gasteiger partial charge in [0.1, 0.15) is 5.82 Å². The minimum Gasteiger partial charge on any atom is -0.366 e. The zero-order chi connectivity index (χ0) is 14.7. The smallest absolute Gasteiger partial charge is 0.123 e. The van der Waals surface area contributed by atoms with Gasteiger partial charge in [-0.05, 0) is 30.7 Å². The zero-order valence-corrected chi connectivity index (χ0v) is 12.2. The second-order valence-corrected chi connectivity index (χ2v) is 4.90. The number of rotatable bonds is 5. The second-order valence-electron chi connectivity index (χ2n) is 4.90. The van der Waals surface area contributed by atoms with Crippen LogP contribution in [0.4, 0.5) is 10.1 Å². The van der Waals surface area contributed by atoms with Crippen molar-refractivity contribution >= 4 is 5.69 Å². The van der Waals surface area contributed by atoms with E-state index in [1.807, 2.05) is 25.0 Å². The summed E-state index contributed by atoms with van der Waals surface area (Å²) in [6.07, 6.45) is 2.88. The lowest BCUT2D eigenvalue weighted by Crippen LogP contribution is -2.30. The fraction of sp³-hybridized carbons (Fsp3) is 0.400. The monoisotopic (exact) mass is 276 g/mol. The van der Waals surface area contributed by atoms with Gasteiger partial charge >= 0.3 is 0 Å². The highest BCUT2D eigenvalue weighted by atomic mass is 19.1. The number of halogens is 1. The highest BCUT2D eigenvalue weighted by molar-refractivity contribution is 5.48. The molecule has 2 rings (SSSR count). The summed E-state index contributed by atoms with van der Waals surface area (Å²) in [6, 6.07) is 6.48. The van der Waals surface area contributed by atoms with E-state index in [4.69, 9.17) is 5.73 Å². The summed E-state index contributed by atoms with van der Waals surface area (Å²) >= 11 is 0. The van der Waals surface area contributed by atoms with Crippen molar-refractivity contribution in [1.29, 1.82) is 0 Å². The minimum absolute atomic E-state index is 0.0316. The maximum atomic E-state index is 13.0. The Labute approximate surface area is 119 Å². The number of aryl methyl sites for hydroxylation is 2. The molecule has 0 aliphatic rings. The number of hydrogen-bond donors (Lipinski definition) is 1. The van der Waals surface area contributed by atoms with Crippen molar-refractivity contribution in [2.24, 2.45) is 12.8 Å². The lowest BCUT2D eigenvalue weighted by Gasteiger charge is -2.29. The van der Waals surface area contributed by atoms with E-state index in [0.29, 0.717) is 6.54 Å². The Morgan fingerprint density at radius 1 is 1.35 bits per heavy atom. The standard InChI is InChI=1S/C15H21FN4/c1-4-14-13(10-19(2)18-14)15(9-17)20(3)12-7-5-11(16)6-8-12/h5-8,10,15H,4,9,17H2,1-3H3. The summed E-state index contributed by atoms with van der Waals surface area (Å²) in [4.78, 5) is 2.07. The van der Waals surface area contributed by atoms with Crippen molar-refractivity contribution in [3.63, 3.8) is 0 Å². The molecule has 1 heterocycles. The Bertz CT molecular complexity index is 562. The number of likely N-dealkylation sites (N-methyl/N-ethyl adjacent to an activating group) is 1. The molecule has 2 aromatic rings. The third-order valence-corrected chi connectivity index (χ3v) is 3.56. The summed E-state index contributed by atoms with van der Waals surface area (Å²) in [5, 5.41) is 4.46. The molecule has 5 heteroatoms. The molecule has 2 N–H and O–H groups in total. The lowest BCUT2D eigenvalue weighted by molar-refractivity contribution is 0.626. The Morgan fingerprint density at radius 2 is 2.00 bits per heavy atom. The highest BCUT2D eigenvalue weighted by Gasteiger charge is 2.21. The summed E-state index contributed by atoms with van der Waals surface area (Å²) in [6.45, 7) is 2.56. The first-order valence-electron chi connectivity index (χ1n) is 6.77. The molecule has 0 aliphatic heterocycles. The molecule has 0 spiro atoms. The third kappa shape index (κ3) is 2.82. The Kier molecular flexibility index (Phi) is 4.39. The van der Waals surface area contributed by atoms with Gasteiger partial charge in [0.05, 0.1) is 11.7 Å². The number of aromatic nitrogens is 2. The summed E-state index contributed by atoms with van der Waals surface area (Å²) in [5.41, 5.74) is 9.07. The molecule has 1 atom stereocenters. The number of hydrogen-bond acceptors (Lipinski definition) is 3. The molecule has 0 fully saturated rings. The van der Waals surface area contributed by atoms with Gasteiger partial charge in [-0.3, -0.25) is 4.68 Å². The van der Waals surface area contributed by atoms with Gasteiger partial charge in [0.2, 0.25) is 0 Å². The van der Waals surface area contributed by atoms with Crippen LogP contribution in [0, 0.1) is 5.82 Å². The fourth-order valence-corrected chi connectivity index (χ4v) is 2.46. The first kappa shape index (κ1) is 14.5. The topological polar surface area (TPSA) is 47.1 Å². The van der Waals surface area contributed by atoms with Crippen molar-refractivity contribution in [3.8, 4) is 0 Å². The molecule has 0 bridgehead atoms. The molecule has 108 valence electrons. The van der Waals surface area contributed by atoms with Crippen LogP contribution in [-0.2, 0) is 13.5 Å². The number of nitrogens with two attached hydrogens (primary N) is 1. The molecule has 1 aromatic carbocycles. The second kappa shape index (κ2) is 6.05. The largest absolute Gasteiger partial charge is 0.366 e. The first-order chi connectivity index (χ1) is 9.56. The predicted molar refractivity (Wildman–Crippen MR) is 79.2 cm³/mol. The van der Waals surface area contributed by atoms with Crippen molar-refractivity contribution in [3.05, 3.63) is 47.5 Å². The van der Waals surface area contributed by atoms with Gasteiger partial charge in [0.15, 0.2) is 0 Å². The van der Waals surface area contributed by atoms with Gasteiger partial charge in [0.25, 0.3) is 0 Å². The van der Waals surface area contributed by atoms with E-state index >= 15 is 0 Å². The van der Waals surface area contributed by atoms with E-state index < -0.39 is 0 Å². The Hall–Kier alpha value is -1.88. The molecule has 0 aliphatic carbocycles. The van der Waals surface area contributed by atoms with Crippen LogP contribution in [0.25, 0.3) is 0 Å². The first-order valence-corrected chi connectivity index (χ1v) is 6.77. The average molecular weight is 276 g/mol. The molecular weight excluding hydrogens is 255 g/mol. The molecule has 0 radical (unpaired) electrons. The summed E-state index contributed by atoms with van der Waals surface area (Å²) < 4.78 is 14.8. The normalized spacial score (nSPS) is 12.4. The van der Waals surface area contributed by atoms with Crippen LogP contribution in [0.1, 0.15) is 24.2 Å². The molecule has 0 saturated carbocycles. The van der Waals surface area contributed by atoms with E-state index in [1.54, 1.807) is 12.1 Å². The summed E-state index contributed by atoms with van der Waals surface area (Å²) in [7, 11) is 3.88. The van der Waals surface area contributed by atoms with E-state index in [9.17, 15) is 4.39 Å². The molecule has 0 saturated heterocycles. The lowest BCUT2D eigenvalue weighted by atomic mass is 10.0. The van der Waals surface area contributed by atoms with Crippen LogP contribution in [0.2, 0.25) is 0 Å². The Morgan fingerprint density at radius 3 is 2.55 bits per heavy atom. The number of anilines is 1. The third-order valence-electron chi connectivity index (χ3n) is 3.56. The SMILES string of the molecule is CCc1nn(C)cc1C(CN)N(C)c1ccc(F)cc1. The van der Waals surface area contributed by atoms with Crippen molar-refractivity contribution in [2.75, 3.05) is 18.5 Å². The van der Waals surface area contributed by atoms with Crippen LogP contribution >= 0.6 is 0 Å². The quantitative estimate of drug-likeness (QED) is 0.911. The zero-order valence-electron chi connectivity index (χ0n) is 12.2. The van der Waals surface area contributed by atoms with Gasteiger partial charge in [-0.1, -0.05) is 6.92 Å². The number of benzene rings is 1. The van der Waals surface area contributed by atoms with Gasteiger partial charge in [-0.2, -0.15) is 5.10 Å². The van der Waals surface area contributed by atoms with Crippen LogP contribution in [0.3, 0.4) is 0 Å². The number of nitrogens with zero attached hydrogens (tertiary/aromatic N) is 3. The van der Waals surface area contributed by atoms with Crippen LogP contribution < -0.4 is 10.6 Å². The molecule has 1 unspecified atom stereocenters. The Balaban J connectivity index is 2.33. The maximum Gasteiger partial charge on any atom is 0.123 e. The van der Waals surface area contributed by atoms with Crippen LogP contribution in [0.5, 0.6) is 0 Å². The molecular formula is C15H21FN4. The van der Waals surface area contributed by atoms with E-state index in [1.165, 1.54) is 12.1 Å². The fourth-order valence-electron chi connectivity index (χ4n) is 2.46. The van der Waals surface area contributed by atoms with Gasteiger partial charge in [0, 0.05) is 38.1 Å². The van der Waals surface area contributed by atoms with Crippen LogP contribution in [0.15, 0.2) is 30.5 Å².